The highest BCUT2D eigenvalue weighted by molar-refractivity contribution is 7.99. The molecular formula is C15H25N3S. The summed E-state index contributed by atoms with van der Waals surface area (Å²) in [5.41, 5.74) is 3.72. The first-order valence-electron chi connectivity index (χ1n) is 7.38. The van der Waals surface area contributed by atoms with Crippen LogP contribution < -0.4 is 5.32 Å². The van der Waals surface area contributed by atoms with Gasteiger partial charge in [-0.3, -0.25) is 0 Å². The molecule has 19 heavy (non-hydrogen) atoms. The molecule has 1 aliphatic heterocycles. The highest BCUT2D eigenvalue weighted by Gasteiger charge is 2.21. The van der Waals surface area contributed by atoms with Crippen molar-refractivity contribution in [3.8, 4) is 0 Å². The second kappa shape index (κ2) is 7.25. The molecule has 0 saturated carbocycles. The summed E-state index contributed by atoms with van der Waals surface area (Å²) in [5.74, 6) is 2.32. The number of thioether (sulfide) groups is 1. The second-order valence-corrected chi connectivity index (χ2v) is 6.50. The Morgan fingerprint density at radius 3 is 2.58 bits per heavy atom. The van der Waals surface area contributed by atoms with Crippen LogP contribution in [-0.4, -0.2) is 28.8 Å². The zero-order chi connectivity index (χ0) is 13.7. The van der Waals surface area contributed by atoms with Crippen LogP contribution in [0.25, 0.3) is 0 Å². The molecule has 2 rings (SSSR count). The number of nitrogens with one attached hydrogen (secondary N) is 1. The van der Waals surface area contributed by atoms with E-state index in [1.54, 1.807) is 0 Å². The van der Waals surface area contributed by atoms with Gasteiger partial charge in [0.05, 0.1) is 5.25 Å². The fraction of sp³-hybridized carbons (Fsp3) is 0.733. The predicted octanol–water partition coefficient (Wildman–Crippen LogP) is 3.20. The van der Waals surface area contributed by atoms with Gasteiger partial charge in [-0.15, -0.1) is 0 Å². The molecule has 1 unspecified atom stereocenters. The number of aryl methyl sites for hydroxylation is 2. The third kappa shape index (κ3) is 3.93. The molecule has 0 aromatic carbocycles. The van der Waals surface area contributed by atoms with E-state index in [9.17, 15) is 0 Å². The molecule has 1 atom stereocenters. The van der Waals surface area contributed by atoms with Crippen LogP contribution in [0.3, 0.4) is 0 Å². The second-order valence-electron chi connectivity index (χ2n) is 5.19. The molecule has 4 heteroatoms. The van der Waals surface area contributed by atoms with Crippen LogP contribution in [0.15, 0.2) is 0 Å². The van der Waals surface area contributed by atoms with Gasteiger partial charge in [-0.1, -0.05) is 6.92 Å². The van der Waals surface area contributed by atoms with Gasteiger partial charge in [0.1, 0.15) is 5.82 Å². The first kappa shape index (κ1) is 14.8. The maximum absolute atomic E-state index is 4.76. The van der Waals surface area contributed by atoms with E-state index in [1.165, 1.54) is 35.5 Å². The van der Waals surface area contributed by atoms with E-state index in [4.69, 9.17) is 9.97 Å². The number of aromatic nitrogens is 2. The van der Waals surface area contributed by atoms with Crippen LogP contribution in [0.1, 0.15) is 54.2 Å². The monoisotopic (exact) mass is 279 g/mol. The van der Waals surface area contributed by atoms with Crippen molar-refractivity contribution in [1.82, 2.24) is 15.3 Å². The zero-order valence-corrected chi connectivity index (χ0v) is 13.1. The van der Waals surface area contributed by atoms with Crippen LogP contribution in [-0.2, 0) is 6.42 Å². The first-order valence-corrected chi connectivity index (χ1v) is 8.43. The lowest BCUT2D eigenvalue weighted by atomic mass is 10.1. The van der Waals surface area contributed by atoms with Crippen molar-refractivity contribution < 1.29 is 0 Å². The van der Waals surface area contributed by atoms with Gasteiger partial charge in [0, 0.05) is 11.4 Å². The zero-order valence-electron chi connectivity index (χ0n) is 12.3. The smallest absolute Gasteiger partial charge is 0.141 e. The summed E-state index contributed by atoms with van der Waals surface area (Å²) in [4.78, 5) is 9.53. The van der Waals surface area contributed by atoms with Crippen molar-refractivity contribution in [3.63, 3.8) is 0 Å². The van der Waals surface area contributed by atoms with E-state index in [0.29, 0.717) is 5.25 Å². The van der Waals surface area contributed by atoms with Gasteiger partial charge in [0.15, 0.2) is 0 Å². The number of hydrogen-bond acceptors (Lipinski definition) is 4. The standard InChI is InChI=1S/C15H25N3S/c1-4-16-9-5-7-13-11(2)17-15(18-12(13)3)14-8-6-10-19-14/h14,16H,4-10H2,1-3H3. The molecule has 1 aromatic heterocycles. The van der Waals surface area contributed by atoms with Gasteiger partial charge in [-0.05, 0) is 63.9 Å². The van der Waals surface area contributed by atoms with Gasteiger partial charge in [-0.25, -0.2) is 9.97 Å². The van der Waals surface area contributed by atoms with Gasteiger partial charge >= 0.3 is 0 Å². The Balaban J connectivity index is 2.04. The lowest BCUT2D eigenvalue weighted by Crippen LogP contribution is -2.15. The SMILES string of the molecule is CCNCCCc1c(C)nc(C2CCCS2)nc1C. The van der Waals surface area contributed by atoms with E-state index >= 15 is 0 Å². The summed E-state index contributed by atoms with van der Waals surface area (Å²) in [7, 11) is 0. The van der Waals surface area contributed by atoms with Gasteiger partial charge in [0.25, 0.3) is 0 Å². The fourth-order valence-electron chi connectivity index (χ4n) is 2.62. The Bertz CT molecular complexity index is 391. The summed E-state index contributed by atoms with van der Waals surface area (Å²) >= 11 is 2.01. The summed E-state index contributed by atoms with van der Waals surface area (Å²) in [6.07, 6.45) is 4.80. The minimum Gasteiger partial charge on any atom is -0.317 e. The molecule has 1 fully saturated rings. The van der Waals surface area contributed by atoms with Gasteiger partial charge in [-0.2, -0.15) is 11.8 Å². The summed E-state index contributed by atoms with van der Waals surface area (Å²) in [5, 5.41) is 3.90. The molecule has 0 spiro atoms. The van der Waals surface area contributed by atoms with Gasteiger partial charge in [0.2, 0.25) is 0 Å². The topological polar surface area (TPSA) is 37.8 Å². The lowest BCUT2D eigenvalue weighted by Gasteiger charge is -2.13. The molecule has 0 radical (unpaired) electrons. The highest BCUT2D eigenvalue weighted by atomic mass is 32.2. The highest BCUT2D eigenvalue weighted by Crippen LogP contribution is 2.38. The Morgan fingerprint density at radius 1 is 1.26 bits per heavy atom. The van der Waals surface area contributed by atoms with Crippen LogP contribution in [0.5, 0.6) is 0 Å². The molecule has 1 N–H and O–H groups in total. The van der Waals surface area contributed by atoms with Crippen molar-refractivity contribution in [3.05, 3.63) is 22.8 Å². The van der Waals surface area contributed by atoms with E-state index < -0.39 is 0 Å². The minimum atomic E-state index is 0.535. The number of nitrogens with zero attached hydrogens (tertiary/aromatic N) is 2. The molecule has 3 nitrogen and oxygen atoms in total. The molecule has 1 saturated heterocycles. The van der Waals surface area contributed by atoms with Crippen molar-refractivity contribution in [1.29, 1.82) is 0 Å². The maximum Gasteiger partial charge on any atom is 0.141 e. The average Bonchev–Trinajstić information content (AvgIpc) is 2.90. The first-order chi connectivity index (χ1) is 9.22. The van der Waals surface area contributed by atoms with E-state index in [2.05, 4.69) is 26.1 Å². The quantitative estimate of drug-likeness (QED) is 0.812. The minimum absolute atomic E-state index is 0.535. The summed E-state index contributed by atoms with van der Waals surface area (Å²) in [6.45, 7) is 8.55. The van der Waals surface area contributed by atoms with Crippen LogP contribution in [0, 0.1) is 13.8 Å². The fourth-order valence-corrected chi connectivity index (χ4v) is 3.83. The van der Waals surface area contributed by atoms with Gasteiger partial charge < -0.3 is 5.32 Å². The molecule has 1 aromatic rings. The molecule has 0 aliphatic carbocycles. The van der Waals surface area contributed by atoms with Crippen molar-refractivity contribution in [2.45, 2.75) is 51.7 Å². The Morgan fingerprint density at radius 2 is 2.00 bits per heavy atom. The van der Waals surface area contributed by atoms with Crippen molar-refractivity contribution in [2.24, 2.45) is 0 Å². The Labute approximate surface area is 121 Å². The van der Waals surface area contributed by atoms with Crippen LogP contribution in [0.2, 0.25) is 0 Å². The Hall–Kier alpha value is -0.610. The number of hydrogen-bond donors (Lipinski definition) is 1. The summed E-state index contributed by atoms with van der Waals surface area (Å²) < 4.78 is 0. The van der Waals surface area contributed by atoms with Crippen molar-refractivity contribution >= 4 is 11.8 Å². The maximum atomic E-state index is 4.76. The average molecular weight is 279 g/mol. The van der Waals surface area contributed by atoms with E-state index in [1.807, 2.05) is 11.8 Å². The molecule has 0 amide bonds. The molecular weight excluding hydrogens is 254 g/mol. The molecule has 0 bridgehead atoms. The largest absolute Gasteiger partial charge is 0.317 e. The van der Waals surface area contributed by atoms with Crippen LogP contribution >= 0.6 is 11.8 Å². The molecule has 106 valence electrons. The van der Waals surface area contributed by atoms with E-state index in [-0.39, 0.29) is 0 Å². The third-order valence-corrected chi connectivity index (χ3v) is 5.06. The summed E-state index contributed by atoms with van der Waals surface area (Å²) in [6, 6.07) is 0. The predicted molar refractivity (Wildman–Crippen MR) is 82.8 cm³/mol. The molecule has 2 heterocycles. The molecule has 1 aliphatic rings. The van der Waals surface area contributed by atoms with E-state index in [0.717, 1.165) is 31.8 Å². The number of rotatable bonds is 6. The van der Waals surface area contributed by atoms with Crippen molar-refractivity contribution in [2.75, 3.05) is 18.8 Å². The third-order valence-electron chi connectivity index (χ3n) is 3.69. The Kier molecular flexibility index (Phi) is 5.64. The lowest BCUT2D eigenvalue weighted by molar-refractivity contribution is 0.664. The van der Waals surface area contributed by atoms with Crippen LogP contribution in [0.4, 0.5) is 0 Å². The normalized spacial score (nSPS) is 19.0.